The fourth-order valence-electron chi connectivity index (χ4n) is 5.08. The largest absolute Gasteiger partial charge is 0.480 e. The Morgan fingerprint density at radius 1 is 1.05 bits per heavy atom. The minimum absolute atomic E-state index is 0.0299. The Morgan fingerprint density at radius 3 is 2.12 bits per heavy atom. The van der Waals surface area contributed by atoms with E-state index in [0.29, 0.717) is 0 Å². The Bertz CT molecular complexity index is 1420. The number of alkyl carbamates (subject to hydrolysis) is 1. The first-order valence-corrected chi connectivity index (χ1v) is 14.9. The highest BCUT2D eigenvalue weighted by molar-refractivity contribution is 7.89. The van der Waals surface area contributed by atoms with Crippen molar-refractivity contribution in [3.63, 3.8) is 0 Å². The summed E-state index contributed by atoms with van der Waals surface area (Å²) in [6.45, 7) is 7.55. The van der Waals surface area contributed by atoms with Crippen LogP contribution in [-0.2, 0) is 35.3 Å². The molecule has 4 atom stereocenters. The maximum atomic E-state index is 13.8. The van der Waals surface area contributed by atoms with Gasteiger partial charge < -0.3 is 19.9 Å². The number of rotatable bonds is 9. The smallest absolute Gasteiger partial charge is 0.416 e. The number of ether oxygens (including phenoxy) is 2. The fraction of sp³-hybridized carbons (Fsp3) is 0.483. The average molecular weight is 629 g/mol. The molecule has 10 nitrogen and oxygen atoms in total. The SMILES string of the molecule is CCOC(=O)C[C@@H]1[C@@H]([C@@H](NC(=O)OC(C)(C)C)c2ccc(C(F)(F)F)cc2)CN(S(=O)(=O)c2ccc(C)cc2)[C@@H]1C(=O)O. The van der Waals surface area contributed by atoms with Crippen LogP contribution in [0.25, 0.3) is 0 Å². The second kappa shape index (κ2) is 12.9. The number of carbonyl (C=O) groups is 3. The monoisotopic (exact) mass is 628 g/mol. The number of esters is 1. The van der Waals surface area contributed by atoms with Crippen LogP contribution in [0.4, 0.5) is 18.0 Å². The van der Waals surface area contributed by atoms with Gasteiger partial charge in [0.15, 0.2) is 0 Å². The van der Waals surface area contributed by atoms with E-state index in [9.17, 15) is 41.1 Å². The Morgan fingerprint density at radius 2 is 1.63 bits per heavy atom. The van der Waals surface area contributed by atoms with E-state index in [2.05, 4.69) is 5.32 Å². The number of alkyl halides is 3. The summed E-state index contributed by atoms with van der Waals surface area (Å²) in [6.07, 6.45) is -6.17. The number of benzene rings is 2. The zero-order chi connectivity index (χ0) is 32.3. The summed E-state index contributed by atoms with van der Waals surface area (Å²) in [4.78, 5) is 38.1. The normalized spacial score (nSPS) is 20.3. The van der Waals surface area contributed by atoms with Crippen LogP contribution in [-0.4, -0.2) is 60.7 Å². The van der Waals surface area contributed by atoms with Crippen molar-refractivity contribution in [2.45, 2.75) is 69.8 Å². The third-order valence-electron chi connectivity index (χ3n) is 6.94. The summed E-state index contributed by atoms with van der Waals surface area (Å²) in [6, 6.07) is 6.52. The summed E-state index contributed by atoms with van der Waals surface area (Å²) in [5.74, 6) is -4.70. The molecule has 2 N–H and O–H groups in total. The number of carbonyl (C=O) groups excluding carboxylic acids is 2. The number of hydrogen-bond acceptors (Lipinski definition) is 7. The van der Waals surface area contributed by atoms with Crippen molar-refractivity contribution in [2.75, 3.05) is 13.2 Å². The Kier molecular flexibility index (Phi) is 10.2. The van der Waals surface area contributed by atoms with Crippen molar-refractivity contribution < 1.29 is 50.6 Å². The summed E-state index contributed by atoms with van der Waals surface area (Å²) < 4.78 is 78.7. The first-order valence-electron chi connectivity index (χ1n) is 13.5. The van der Waals surface area contributed by atoms with Crippen LogP contribution in [0.5, 0.6) is 0 Å². The van der Waals surface area contributed by atoms with E-state index < -0.39 is 82.3 Å². The highest BCUT2D eigenvalue weighted by Gasteiger charge is 2.54. The number of halogens is 3. The van der Waals surface area contributed by atoms with Gasteiger partial charge in [0.2, 0.25) is 10.0 Å². The number of nitrogens with one attached hydrogen (secondary N) is 1. The molecule has 3 rings (SSSR count). The molecule has 0 saturated carbocycles. The highest BCUT2D eigenvalue weighted by atomic mass is 32.2. The number of carboxylic acids is 1. The van der Waals surface area contributed by atoms with Gasteiger partial charge in [0.05, 0.1) is 29.5 Å². The lowest BCUT2D eigenvalue weighted by Crippen LogP contribution is -2.44. The molecule has 2 aromatic rings. The minimum atomic E-state index is -4.65. The molecule has 0 unspecified atom stereocenters. The van der Waals surface area contributed by atoms with Gasteiger partial charge in [0, 0.05) is 18.4 Å². The summed E-state index contributed by atoms with van der Waals surface area (Å²) in [5.41, 5.74) is -1.05. The summed E-state index contributed by atoms with van der Waals surface area (Å²) in [5, 5.41) is 12.9. The molecule has 1 aliphatic rings. The highest BCUT2D eigenvalue weighted by Crippen LogP contribution is 2.43. The molecule has 1 saturated heterocycles. The molecule has 2 aromatic carbocycles. The van der Waals surface area contributed by atoms with Crippen LogP contribution in [0.3, 0.4) is 0 Å². The van der Waals surface area contributed by atoms with Crippen LogP contribution in [0.1, 0.15) is 56.8 Å². The standard InChI is InChI=1S/C29H35F3N2O8S/c1-6-41-23(35)15-21-22(16-34(25(21)26(36)37)43(39,40)20-13-7-17(2)8-14-20)24(33-27(38)42-28(3,4)5)18-9-11-19(12-10-18)29(30,31)32/h7-14,21-22,24-25H,6,15-16H2,1-5H3,(H,33,38)(H,36,37)/t21-,22+,24+,25+/m1/s1. The number of aryl methyl sites for hydroxylation is 1. The Labute approximate surface area is 248 Å². The number of nitrogens with zero attached hydrogens (tertiary/aromatic N) is 1. The zero-order valence-corrected chi connectivity index (χ0v) is 25.2. The van der Waals surface area contributed by atoms with Crippen LogP contribution < -0.4 is 5.32 Å². The quantitative estimate of drug-likeness (QED) is 0.373. The number of aliphatic carboxylic acids is 1. The molecule has 14 heteroatoms. The van der Waals surface area contributed by atoms with Crippen molar-refractivity contribution in [1.82, 2.24) is 9.62 Å². The molecule has 0 radical (unpaired) electrons. The molecule has 43 heavy (non-hydrogen) atoms. The van der Waals surface area contributed by atoms with Crippen molar-refractivity contribution in [1.29, 1.82) is 0 Å². The van der Waals surface area contributed by atoms with Gasteiger partial charge in [-0.2, -0.15) is 17.5 Å². The minimum Gasteiger partial charge on any atom is -0.480 e. The fourth-order valence-corrected chi connectivity index (χ4v) is 6.75. The van der Waals surface area contributed by atoms with Gasteiger partial charge in [0.25, 0.3) is 0 Å². The lowest BCUT2D eigenvalue weighted by atomic mass is 9.80. The predicted octanol–water partition coefficient (Wildman–Crippen LogP) is 4.92. The molecule has 0 spiro atoms. The Hall–Kier alpha value is -3.65. The maximum Gasteiger partial charge on any atom is 0.416 e. The van der Waals surface area contributed by atoms with Gasteiger partial charge in [-0.05, 0) is 64.4 Å². The molecular weight excluding hydrogens is 593 g/mol. The third-order valence-corrected chi connectivity index (χ3v) is 8.80. The molecule has 1 heterocycles. The first kappa shape index (κ1) is 33.8. The second-order valence-electron chi connectivity index (χ2n) is 11.3. The van der Waals surface area contributed by atoms with Crippen molar-refractivity contribution in [3.8, 4) is 0 Å². The lowest BCUT2D eigenvalue weighted by molar-refractivity contribution is -0.147. The van der Waals surface area contributed by atoms with E-state index in [1.54, 1.807) is 46.8 Å². The number of amides is 1. The van der Waals surface area contributed by atoms with E-state index in [0.717, 1.165) is 34.1 Å². The lowest BCUT2D eigenvalue weighted by Gasteiger charge is -2.31. The third kappa shape index (κ3) is 8.25. The number of hydrogen-bond donors (Lipinski definition) is 2. The molecule has 0 bridgehead atoms. The predicted molar refractivity (Wildman–Crippen MR) is 148 cm³/mol. The van der Waals surface area contributed by atoms with Gasteiger partial charge in [-0.15, -0.1) is 0 Å². The van der Waals surface area contributed by atoms with Gasteiger partial charge >= 0.3 is 24.2 Å². The van der Waals surface area contributed by atoms with Crippen LogP contribution in [0.15, 0.2) is 53.4 Å². The number of sulfonamides is 1. The molecule has 1 amide bonds. The number of carboxylic acid groups (broad SMARTS) is 1. The molecule has 1 aliphatic heterocycles. The zero-order valence-electron chi connectivity index (χ0n) is 24.3. The summed E-state index contributed by atoms with van der Waals surface area (Å²) in [7, 11) is -4.45. The van der Waals surface area contributed by atoms with Gasteiger partial charge in [-0.1, -0.05) is 29.8 Å². The molecule has 1 fully saturated rings. The first-order chi connectivity index (χ1) is 19.8. The van der Waals surface area contributed by atoms with Crippen LogP contribution in [0.2, 0.25) is 0 Å². The topological polar surface area (TPSA) is 139 Å². The van der Waals surface area contributed by atoms with Crippen LogP contribution in [0, 0.1) is 18.8 Å². The summed E-state index contributed by atoms with van der Waals surface area (Å²) >= 11 is 0. The second-order valence-corrected chi connectivity index (χ2v) is 13.1. The van der Waals surface area contributed by atoms with Gasteiger partial charge in [-0.3, -0.25) is 9.59 Å². The van der Waals surface area contributed by atoms with Crippen LogP contribution >= 0.6 is 0 Å². The molecule has 0 aliphatic carbocycles. The Balaban J connectivity index is 2.18. The van der Waals surface area contributed by atoms with E-state index in [-0.39, 0.29) is 17.1 Å². The van der Waals surface area contributed by atoms with E-state index in [1.807, 2.05) is 0 Å². The van der Waals surface area contributed by atoms with Gasteiger partial charge in [-0.25, -0.2) is 13.2 Å². The van der Waals surface area contributed by atoms with Crippen molar-refractivity contribution in [3.05, 3.63) is 65.2 Å². The van der Waals surface area contributed by atoms with E-state index >= 15 is 0 Å². The maximum absolute atomic E-state index is 13.8. The van der Waals surface area contributed by atoms with E-state index in [1.165, 1.54) is 12.1 Å². The van der Waals surface area contributed by atoms with Crippen molar-refractivity contribution >= 4 is 28.1 Å². The average Bonchev–Trinajstić information content (AvgIpc) is 3.26. The molecular formula is C29H35F3N2O8S. The molecule has 236 valence electrons. The van der Waals surface area contributed by atoms with Gasteiger partial charge in [0.1, 0.15) is 11.6 Å². The van der Waals surface area contributed by atoms with E-state index in [4.69, 9.17) is 9.47 Å². The molecule has 0 aromatic heterocycles. The van der Waals surface area contributed by atoms with Crippen molar-refractivity contribution in [2.24, 2.45) is 11.8 Å².